The van der Waals surface area contributed by atoms with Crippen LogP contribution in [0.25, 0.3) is 0 Å². The normalized spacial score (nSPS) is 18.2. The maximum absolute atomic E-state index is 13.2. The molecule has 2 aromatic rings. The lowest BCUT2D eigenvalue weighted by atomic mass is 9.93. The molecule has 1 amide bonds. The smallest absolute Gasteiger partial charge is 0.328 e. The first-order chi connectivity index (χ1) is 12.9. The highest BCUT2D eigenvalue weighted by Gasteiger charge is 2.35. The van der Waals surface area contributed by atoms with E-state index in [4.69, 9.17) is 4.74 Å². The zero-order valence-electron chi connectivity index (χ0n) is 15.5. The first-order valence-corrected chi connectivity index (χ1v) is 10.5. The standard InChI is InChI=1S/C20H22N2O4S/c1-21-27(3,25)17-10-6-9-15(11-17)19(23)22-13-16-8-5-4-7-14(16)12-18(22)20(24)26-2/h4-11,18H,12-13H2,1-3H3/t18-,27?/m1/s1. The van der Waals surface area contributed by atoms with Gasteiger partial charge in [0.2, 0.25) is 0 Å². The van der Waals surface area contributed by atoms with E-state index in [1.165, 1.54) is 25.3 Å². The van der Waals surface area contributed by atoms with Crippen molar-refractivity contribution in [2.45, 2.75) is 23.9 Å². The zero-order chi connectivity index (χ0) is 19.6. The minimum Gasteiger partial charge on any atom is -0.467 e. The van der Waals surface area contributed by atoms with Crippen molar-refractivity contribution < 1.29 is 18.5 Å². The van der Waals surface area contributed by atoms with E-state index in [-0.39, 0.29) is 5.91 Å². The number of nitrogens with zero attached hydrogens (tertiary/aromatic N) is 2. The Labute approximate surface area is 159 Å². The van der Waals surface area contributed by atoms with Crippen LogP contribution >= 0.6 is 0 Å². The van der Waals surface area contributed by atoms with E-state index < -0.39 is 21.7 Å². The molecule has 0 fully saturated rings. The highest BCUT2D eigenvalue weighted by atomic mass is 32.2. The van der Waals surface area contributed by atoms with Gasteiger partial charge in [-0.3, -0.25) is 4.79 Å². The lowest BCUT2D eigenvalue weighted by molar-refractivity contribution is -0.146. The van der Waals surface area contributed by atoms with Crippen molar-refractivity contribution in [3.8, 4) is 0 Å². The summed E-state index contributed by atoms with van der Waals surface area (Å²) < 4.78 is 21.4. The summed E-state index contributed by atoms with van der Waals surface area (Å²) in [6.45, 7) is 0.318. The number of hydrogen-bond donors (Lipinski definition) is 0. The van der Waals surface area contributed by atoms with Crippen molar-refractivity contribution in [1.82, 2.24) is 4.90 Å². The largest absolute Gasteiger partial charge is 0.467 e. The number of carbonyl (C=O) groups is 2. The third kappa shape index (κ3) is 3.73. The maximum atomic E-state index is 13.2. The number of hydrogen-bond acceptors (Lipinski definition) is 5. The van der Waals surface area contributed by atoms with Crippen LogP contribution in [0.2, 0.25) is 0 Å². The van der Waals surface area contributed by atoms with Gasteiger partial charge in [-0.2, -0.15) is 0 Å². The Morgan fingerprint density at radius 2 is 1.85 bits per heavy atom. The van der Waals surface area contributed by atoms with Crippen molar-refractivity contribution in [1.29, 1.82) is 0 Å². The second kappa shape index (κ2) is 7.52. The summed E-state index contributed by atoms with van der Waals surface area (Å²) in [4.78, 5) is 27.5. The molecule has 1 aliphatic rings. The van der Waals surface area contributed by atoms with E-state index in [0.29, 0.717) is 23.4 Å². The summed E-state index contributed by atoms with van der Waals surface area (Å²) in [6, 6.07) is 13.7. The second-order valence-corrected chi connectivity index (χ2v) is 8.90. The third-order valence-electron chi connectivity index (χ3n) is 4.85. The van der Waals surface area contributed by atoms with E-state index in [9.17, 15) is 13.8 Å². The molecule has 0 aliphatic carbocycles. The Hall–Kier alpha value is -2.67. The molecular formula is C20H22N2O4S. The van der Waals surface area contributed by atoms with Crippen LogP contribution in [0.15, 0.2) is 57.8 Å². The highest BCUT2D eigenvalue weighted by Crippen LogP contribution is 2.26. The predicted octanol–water partition coefficient (Wildman–Crippen LogP) is 2.51. The van der Waals surface area contributed by atoms with Crippen LogP contribution in [0.1, 0.15) is 21.5 Å². The average Bonchev–Trinajstić information content (AvgIpc) is 2.71. The molecule has 7 heteroatoms. The molecule has 0 bridgehead atoms. The topological polar surface area (TPSA) is 76.0 Å². The molecule has 1 heterocycles. The summed E-state index contributed by atoms with van der Waals surface area (Å²) in [7, 11) is 0.257. The molecule has 3 rings (SSSR count). The Morgan fingerprint density at radius 1 is 1.15 bits per heavy atom. The fraction of sp³-hybridized carbons (Fsp3) is 0.300. The molecule has 0 saturated carbocycles. The third-order valence-corrected chi connectivity index (χ3v) is 6.67. The number of amides is 1. The van der Waals surface area contributed by atoms with Gasteiger partial charge < -0.3 is 9.64 Å². The Morgan fingerprint density at radius 3 is 2.52 bits per heavy atom. The van der Waals surface area contributed by atoms with E-state index in [0.717, 1.165) is 11.1 Å². The monoisotopic (exact) mass is 386 g/mol. The fourth-order valence-electron chi connectivity index (χ4n) is 3.22. The quantitative estimate of drug-likeness (QED) is 0.760. The molecule has 1 unspecified atom stereocenters. The van der Waals surface area contributed by atoms with Gasteiger partial charge in [-0.1, -0.05) is 30.3 Å². The molecule has 0 N–H and O–H groups in total. The van der Waals surface area contributed by atoms with Crippen LogP contribution < -0.4 is 0 Å². The molecule has 142 valence electrons. The minimum atomic E-state index is -2.56. The van der Waals surface area contributed by atoms with Gasteiger partial charge in [0.15, 0.2) is 0 Å². The number of carbonyl (C=O) groups excluding carboxylic acids is 2. The number of fused-ring (bicyclic) bond motifs is 1. The molecular weight excluding hydrogens is 364 g/mol. The number of esters is 1. The van der Waals surface area contributed by atoms with E-state index in [2.05, 4.69) is 4.36 Å². The maximum Gasteiger partial charge on any atom is 0.328 e. The minimum absolute atomic E-state index is 0.298. The van der Waals surface area contributed by atoms with Gasteiger partial charge in [-0.05, 0) is 29.3 Å². The lowest BCUT2D eigenvalue weighted by Crippen LogP contribution is -2.49. The van der Waals surface area contributed by atoms with Gasteiger partial charge in [0, 0.05) is 36.7 Å². The molecule has 0 aromatic heterocycles. The number of ether oxygens (including phenoxy) is 1. The van der Waals surface area contributed by atoms with Crippen molar-refractivity contribution in [2.24, 2.45) is 4.36 Å². The van der Waals surface area contributed by atoms with Gasteiger partial charge in [-0.25, -0.2) is 13.4 Å². The van der Waals surface area contributed by atoms with Crippen LogP contribution in [0.5, 0.6) is 0 Å². The molecule has 0 spiro atoms. The average molecular weight is 386 g/mol. The van der Waals surface area contributed by atoms with Gasteiger partial charge in [0.25, 0.3) is 5.91 Å². The molecule has 1 aliphatic heterocycles. The first kappa shape index (κ1) is 19.1. The van der Waals surface area contributed by atoms with Gasteiger partial charge in [0.1, 0.15) is 6.04 Å². The molecule has 27 heavy (non-hydrogen) atoms. The molecule has 6 nitrogen and oxygen atoms in total. The summed E-state index contributed by atoms with van der Waals surface area (Å²) in [5.41, 5.74) is 2.41. The van der Waals surface area contributed by atoms with E-state index >= 15 is 0 Å². The molecule has 0 saturated heterocycles. The van der Waals surface area contributed by atoms with Gasteiger partial charge in [0.05, 0.1) is 16.8 Å². The van der Waals surface area contributed by atoms with Crippen molar-refractivity contribution in [3.05, 3.63) is 65.2 Å². The van der Waals surface area contributed by atoms with Gasteiger partial charge in [-0.15, -0.1) is 0 Å². The van der Waals surface area contributed by atoms with Crippen molar-refractivity contribution in [3.63, 3.8) is 0 Å². The van der Waals surface area contributed by atoms with Crippen LogP contribution in [-0.2, 0) is 32.2 Å². The van der Waals surface area contributed by atoms with E-state index in [1.807, 2.05) is 24.3 Å². The van der Waals surface area contributed by atoms with Crippen LogP contribution in [-0.4, -0.2) is 47.4 Å². The van der Waals surface area contributed by atoms with Crippen molar-refractivity contribution in [2.75, 3.05) is 20.4 Å². The van der Waals surface area contributed by atoms with Crippen molar-refractivity contribution >= 4 is 21.6 Å². The fourth-order valence-corrected chi connectivity index (χ4v) is 4.11. The van der Waals surface area contributed by atoms with Gasteiger partial charge >= 0.3 is 5.97 Å². The SMILES string of the molecule is CN=S(C)(=O)c1cccc(C(=O)N2Cc3ccccc3C[C@@H]2C(=O)OC)c1. The second-order valence-electron chi connectivity index (χ2n) is 6.46. The number of rotatable bonds is 3. The highest BCUT2D eigenvalue weighted by molar-refractivity contribution is 7.93. The molecule has 2 atom stereocenters. The van der Waals surface area contributed by atoms with Crippen LogP contribution in [0.3, 0.4) is 0 Å². The summed E-state index contributed by atoms with van der Waals surface area (Å²) in [5, 5.41) is 0. The zero-order valence-corrected chi connectivity index (χ0v) is 16.4. The molecule has 2 aromatic carbocycles. The Balaban J connectivity index is 2.00. The summed E-state index contributed by atoms with van der Waals surface area (Å²) in [6.07, 6.45) is 1.94. The summed E-state index contributed by atoms with van der Waals surface area (Å²) in [5.74, 6) is -0.745. The molecule has 0 radical (unpaired) electrons. The van der Waals surface area contributed by atoms with Crippen LogP contribution in [0, 0.1) is 0 Å². The predicted molar refractivity (Wildman–Crippen MR) is 103 cm³/mol. The first-order valence-electron chi connectivity index (χ1n) is 8.53. The Kier molecular flexibility index (Phi) is 5.32. The number of benzene rings is 2. The van der Waals surface area contributed by atoms with Crippen LogP contribution in [0.4, 0.5) is 0 Å². The lowest BCUT2D eigenvalue weighted by Gasteiger charge is -2.35. The summed E-state index contributed by atoms with van der Waals surface area (Å²) >= 11 is 0. The van der Waals surface area contributed by atoms with E-state index in [1.54, 1.807) is 24.3 Å². The Bertz CT molecular complexity index is 1010. The number of methoxy groups -OCH3 is 1.